The molecule has 27 heavy (non-hydrogen) atoms. The molecule has 1 fully saturated rings. The number of nitrogens with one attached hydrogen (secondary N) is 3. The van der Waals surface area contributed by atoms with Crippen LogP contribution in [0.1, 0.15) is 19.3 Å². The Hall–Kier alpha value is -2.03. The minimum absolute atomic E-state index is 0.0238. The topological polar surface area (TPSA) is 80.6 Å². The van der Waals surface area contributed by atoms with Crippen molar-refractivity contribution in [1.82, 2.24) is 14.9 Å². The number of H-pyrrole nitrogens is 1. The molecule has 3 rings (SSSR count). The summed E-state index contributed by atoms with van der Waals surface area (Å²) in [4.78, 5) is 29.2. The smallest absolute Gasteiger partial charge is 0.262 e. The number of morpholine rings is 1. The molecular formula is C19H27N4O3S+. The molecule has 0 aliphatic carbocycles. The molecule has 2 heterocycles. The highest BCUT2D eigenvalue weighted by Gasteiger charge is 2.13. The van der Waals surface area contributed by atoms with Crippen LogP contribution in [-0.2, 0) is 16.1 Å². The molecule has 7 nitrogen and oxygen atoms in total. The maximum Gasteiger partial charge on any atom is 0.262 e. The van der Waals surface area contributed by atoms with Crippen molar-refractivity contribution in [3.63, 3.8) is 0 Å². The standard InChI is InChI=1S/C19H26N4O3S/c24-17(20-8-4-9-22-11-13-26-14-12-22)7-3-10-23-18(25)15-5-1-2-6-16(15)21-19(23)27/h1-2,5-6H,3-4,7-14H2,(H,20,24)(H,21,27)/p+1. The van der Waals surface area contributed by atoms with E-state index in [0.717, 1.165) is 44.8 Å². The summed E-state index contributed by atoms with van der Waals surface area (Å²) in [5, 5.41) is 3.57. The fourth-order valence-electron chi connectivity index (χ4n) is 3.36. The molecular weight excluding hydrogens is 364 g/mol. The number of rotatable bonds is 8. The number of quaternary nitrogens is 1. The van der Waals surface area contributed by atoms with Crippen molar-refractivity contribution in [1.29, 1.82) is 0 Å². The Labute approximate surface area is 163 Å². The van der Waals surface area contributed by atoms with E-state index < -0.39 is 0 Å². The van der Waals surface area contributed by atoms with Gasteiger partial charge in [0.05, 0.1) is 30.7 Å². The fourth-order valence-corrected chi connectivity index (χ4v) is 3.65. The van der Waals surface area contributed by atoms with E-state index in [0.29, 0.717) is 36.1 Å². The van der Waals surface area contributed by atoms with Crippen molar-refractivity contribution >= 4 is 29.0 Å². The molecule has 1 aliphatic heterocycles. The van der Waals surface area contributed by atoms with Crippen LogP contribution in [0.15, 0.2) is 29.1 Å². The summed E-state index contributed by atoms with van der Waals surface area (Å²) < 4.78 is 7.27. The highest BCUT2D eigenvalue weighted by molar-refractivity contribution is 7.71. The van der Waals surface area contributed by atoms with Gasteiger partial charge in [0.1, 0.15) is 13.1 Å². The number of aromatic amines is 1. The van der Waals surface area contributed by atoms with Gasteiger partial charge < -0.3 is 19.9 Å². The summed E-state index contributed by atoms with van der Waals surface area (Å²) >= 11 is 5.29. The quantitative estimate of drug-likeness (QED) is 0.446. The third-order valence-corrected chi connectivity index (χ3v) is 5.23. The first-order valence-corrected chi connectivity index (χ1v) is 9.96. The summed E-state index contributed by atoms with van der Waals surface area (Å²) in [7, 11) is 0. The minimum atomic E-state index is -0.108. The zero-order valence-corrected chi connectivity index (χ0v) is 16.3. The molecule has 0 unspecified atom stereocenters. The summed E-state index contributed by atoms with van der Waals surface area (Å²) in [5.41, 5.74) is 0.632. The number of hydrogen-bond acceptors (Lipinski definition) is 4. The maximum atomic E-state index is 12.6. The van der Waals surface area contributed by atoms with Gasteiger partial charge in [-0.2, -0.15) is 0 Å². The van der Waals surface area contributed by atoms with E-state index in [1.54, 1.807) is 11.0 Å². The Balaban J connectivity index is 1.41. The van der Waals surface area contributed by atoms with E-state index in [2.05, 4.69) is 10.3 Å². The first kappa shape index (κ1) is 19.7. The summed E-state index contributed by atoms with van der Waals surface area (Å²) in [5.74, 6) is 0.0238. The molecule has 1 aromatic carbocycles. The number of amides is 1. The van der Waals surface area contributed by atoms with Crippen molar-refractivity contribution in [2.45, 2.75) is 25.8 Å². The summed E-state index contributed by atoms with van der Waals surface area (Å²) in [6.45, 7) is 5.95. The van der Waals surface area contributed by atoms with Gasteiger partial charge in [0.2, 0.25) is 5.91 Å². The number of hydrogen-bond donors (Lipinski definition) is 3. The second-order valence-corrected chi connectivity index (χ2v) is 7.24. The van der Waals surface area contributed by atoms with Crippen molar-refractivity contribution in [3.05, 3.63) is 39.4 Å². The molecule has 0 spiro atoms. The lowest BCUT2D eigenvalue weighted by Crippen LogP contribution is -3.14. The van der Waals surface area contributed by atoms with Crippen LogP contribution in [0.25, 0.3) is 10.9 Å². The van der Waals surface area contributed by atoms with Crippen LogP contribution in [0.5, 0.6) is 0 Å². The Kier molecular flexibility index (Phi) is 7.14. The van der Waals surface area contributed by atoms with Crippen LogP contribution in [0.2, 0.25) is 0 Å². The van der Waals surface area contributed by atoms with Crippen LogP contribution in [0.4, 0.5) is 0 Å². The number of para-hydroxylation sites is 1. The molecule has 0 saturated carbocycles. The van der Waals surface area contributed by atoms with Gasteiger partial charge in [0, 0.05) is 25.9 Å². The third-order valence-electron chi connectivity index (χ3n) is 4.90. The van der Waals surface area contributed by atoms with Crippen LogP contribution < -0.4 is 15.8 Å². The van der Waals surface area contributed by atoms with Gasteiger partial charge >= 0.3 is 0 Å². The Morgan fingerprint density at radius 3 is 2.85 bits per heavy atom. The van der Waals surface area contributed by atoms with Crippen molar-refractivity contribution in [3.8, 4) is 0 Å². The average Bonchev–Trinajstić information content (AvgIpc) is 2.68. The number of fused-ring (bicyclic) bond motifs is 1. The minimum Gasteiger partial charge on any atom is -0.370 e. The Bertz CT molecular complexity index is 886. The van der Waals surface area contributed by atoms with Crippen LogP contribution in [0.3, 0.4) is 0 Å². The number of aromatic nitrogens is 2. The van der Waals surface area contributed by atoms with E-state index in [4.69, 9.17) is 17.0 Å². The zero-order chi connectivity index (χ0) is 19.1. The van der Waals surface area contributed by atoms with Crippen LogP contribution in [0, 0.1) is 4.77 Å². The highest BCUT2D eigenvalue weighted by atomic mass is 32.1. The second-order valence-electron chi connectivity index (χ2n) is 6.85. The van der Waals surface area contributed by atoms with E-state index in [1.807, 2.05) is 18.2 Å². The Morgan fingerprint density at radius 2 is 2.04 bits per heavy atom. The number of ether oxygens (including phenoxy) is 1. The van der Waals surface area contributed by atoms with Crippen molar-refractivity contribution < 1.29 is 14.4 Å². The molecule has 1 aliphatic rings. The van der Waals surface area contributed by atoms with Gasteiger partial charge in [0.15, 0.2) is 4.77 Å². The van der Waals surface area contributed by atoms with Crippen molar-refractivity contribution in [2.24, 2.45) is 0 Å². The summed E-state index contributed by atoms with van der Waals surface area (Å²) in [6.07, 6.45) is 1.94. The fraction of sp³-hybridized carbons (Fsp3) is 0.526. The van der Waals surface area contributed by atoms with Gasteiger partial charge in [-0.15, -0.1) is 0 Å². The molecule has 2 aromatic rings. The van der Waals surface area contributed by atoms with Crippen LogP contribution >= 0.6 is 12.2 Å². The number of carbonyl (C=O) groups excluding carboxylic acids is 1. The number of carbonyl (C=O) groups is 1. The highest BCUT2D eigenvalue weighted by Crippen LogP contribution is 2.06. The zero-order valence-electron chi connectivity index (χ0n) is 15.5. The third kappa shape index (κ3) is 5.47. The number of nitrogens with zero attached hydrogens (tertiary/aromatic N) is 1. The number of benzene rings is 1. The molecule has 8 heteroatoms. The first-order valence-electron chi connectivity index (χ1n) is 9.55. The predicted octanol–water partition coefficient (Wildman–Crippen LogP) is 0.261. The molecule has 0 atom stereocenters. The van der Waals surface area contributed by atoms with Gasteiger partial charge in [-0.3, -0.25) is 14.2 Å². The van der Waals surface area contributed by atoms with Crippen LogP contribution in [-0.4, -0.2) is 54.9 Å². The van der Waals surface area contributed by atoms with E-state index >= 15 is 0 Å². The van der Waals surface area contributed by atoms with Gasteiger partial charge in [-0.05, 0) is 30.8 Å². The van der Waals surface area contributed by atoms with E-state index in [1.165, 1.54) is 4.57 Å². The van der Waals surface area contributed by atoms with Crippen molar-refractivity contribution in [2.75, 3.05) is 39.4 Å². The molecule has 3 N–H and O–H groups in total. The molecule has 0 bridgehead atoms. The lowest BCUT2D eigenvalue weighted by atomic mass is 10.2. The maximum absolute atomic E-state index is 12.6. The normalized spacial score (nSPS) is 15.1. The lowest BCUT2D eigenvalue weighted by molar-refractivity contribution is -0.908. The van der Waals surface area contributed by atoms with Gasteiger partial charge in [-0.25, -0.2) is 0 Å². The summed E-state index contributed by atoms with van der Waals surface area (Å²) in [6, 6.07) is 7.31. The predicted molar refractivity (Wildman–Crippen MR) is 107 cm³/mol. The molecule has 146 valence electrons. The first-order chi connectivity index (χ1) is 13.1. The lowest BCUT2D eigenvalue weighted by Gasteiger charge is -2.23. The average molecular weight is 392 g/mol. The largest absolute Gasteiger partial charge is 0.370 e. The molecule has 0 radical (unpaired) electrons. The van der Waals surface area contributed by atoms with E-state index in [9.17, 15) is 9.59 Å². The molecule has 1 aromatic heterocycles. The second kappa shape index (κ2) is 9.77. The van der Waals surface area contributed by atoms with E-state index in [-0.39, 0.29) is 11.5 Å². The van der Waals surface area contributed by atoms with Gasteiger partial charge in [0.25, 0.3) is 5.56 Å². The monoisotopic (exact) mass is 391 g/mol. The SMILES string of the molecule is O=C(CCCn1c(=S)[nH]c2ccccc2c1=O)NCCC[NH+]1CCOCC1. The molecule has 1 amide bonds. The Morgan fingerprint density at radius 1 is 1.26 bits per heavy atom. The van der Waals surface area contributed by atoms with Gasteiger partial charge in [-0.1, -0.05) is 12.1 Å². The molecule has 1 saturated heterocycles.